The van der Waals surface area contributed by atoms with Gasteiger partial charge in [-0.2, -0.15) is 5.10 Å². The van der Waals surface area contributed by atoms with Crippen molar-refractivity contribution in [2.24, 2.45) is 0 Å². The lowest BCUT2D eigenvalue weighted by Gasteiger charge is -2.09. The second kappa shape index (κ2) is 6.87. The molecule has 122 valence electrons. The summed E-state index contributed by atoms with van der Waals surface area (Å²) >= 11 is 5.82. The largest absolute Gasteiger partial charge is 0.573 e. The van der Waals surface area contributed by atoms with E-state index in [9.17, 15) is 13.2 Å². The first-order chi connectivity index (χ1) is 10.9. The summed E-state index contributed by atoms with van der Waals surface area (Å²) < 4.78 is 42.1. The smallest absolute Gasteiger partial charge is 0.406 e. The molecule has 0 unspecified atom stereocenters. The Morgan fingerprint density at radius 1 is 1.13 bits per heavy atom. The minimum absolute atomic E-state index is 0.254. The lowest BCUT2D eigenvalue weighted by atomic mass is 10.1. The molecule has 0 aliphatic heterocycles. The molecule has 0 fully saturated rings. The normalized spacial score (nSPS) is 11.0. The van der Waals surface area contributed by atoms with Crippen LogP contribution in [0.25, 0.3) is 16.9 Å². The monoisotopic (exact) mass is 343 g/mol. The van der Waals surface area contributed by atoms with Crippen LogP contribution in [0.2, 0.25) is 5.15 Å². The zero-order valence-electron chi connectivity index (χ0n) is 12.3. The van der Waals surface area contributed by atoms with Crippen LogP contribution in [0, 0.1) is 0 Å². The van der Waals surface area contributed by atoms with Crippen molar-refractivity contribution in [3.63, 3.8) is 0 Å². The topological polar surface area (TPSA) is 39.4 Å². The van der Waals surface area contributed by atoms with E-state index in [-0.39, 0.29) is 10.9 Å². The number of benzene rings is 1. The summed E-state index contributed by atoms with van der Waals surface area (Å²) in [7, 11) is 0. The number of halogens is 4. The van der Waals surface area contributed by atoms with E-state index in [4.69, 9.17) is 11.6 Å². The van der Waals surface area contributed by atoms with Crippen molar-refractivity contribution >= 4 is 17.2 Å². The van der Waals surface area contributed by atoms with Crippen molar-refractivity contribution in [1.82, 2.24) is 14.6 Å². The molecule has 0 N–H and O–H groups in total. The first-order valence-corrected chi connectivity index (χ1v) is 7.17. The van der Waals surface area contributed by atoms with Crippen LogP contribution in [-0.4, -0.2) is 21.0 Å². The van der Waals surface area contributed by atoms with Gasteiger partial charge in [-0.25, -0.2) is 9.50 Å². The molecule has 0 amide bonds. The Labute approximate surface area is 135 Å². The van der Waals surface area contributed by atoms with E-state index < -0.39 is 6.36 Å². The van der Waals surface area contributed by atoms with Crippen molar-refractivity contribution in [3.05, 3.63) is 47.7 Å². The molecule has 8 heteroatoms. The Balaban J connectivity index is 0.000000924. The molecule has 23 heavy (non-hydrogen) atoms. The summed E-state index contributed by atoms with van der Waals surface area (Å²) in [4.78, 5) is 4.12. The van der Waals surface area contributed by atoms with Crippen LogP contribution < -0.4 is 4.74 Å². The summed E-state index contributed by atoms with van der Waals surface area (Å²) in [5.41, 5.74) is 1.54. The molecule has 0 radical (unpaired) electrons. The fraction of sp³-hybridized carbons (Fsp3) is 0.200. The van der Waals surface area contributed by atoms with Gasteiger partial charge < -0.3 is 4.74 Å². The van der Waals surface area contributed by atoms with E-state index in [0.29, 0.717) is 16.9 Å². The number of rotatable bonds is 2. The molecule has 4 nitrogen and oxygen atoms in total. The average Bonchev–Trinajstić information content (AvgIpc) is 2.91. The van der Waals surface area contributed by atoms with Gasteiger partial charge in [0.25, 0.3) is 0 Å². The van der Waals surface area contributed by atoms with Crippen LogP contribution >= 0.6 is 11.6 Å². The molecule has 2 heterocycles. The van der Waals surface area contributed by atoms with E-state index in [0.717, 1.165) is 0 Å². The number of alkyl halides is 3. The molecule has 0 spiro atoms. The highest BCUT2D eigenvalue weighted by Gasteiger charge is 2.31. The highest BCUT2D eigenvalue weighted by molar-refractivity contribution is 6.29. The van der Waals surface area contributed by atoms with Crippen LogP contribution in [0.5, 0.6) is 5.75 Å². The Morgan fingerprint density at radius 2 is 1.87 bits per heavy atom. The van der Waals surface area contributed by atoms with Crippen LogP contribution in [0.3, 0.4) is 0 Å². The molecule has 0 aliphatic carbocycles. The third kappa shape index (κ3) is 4.13. The van der Waals surface area contributed by atoms with Crippen LogP contribution in [0.1, 0.15) is 13.8 Å². The maximum absolute atomic E-state index is 12.3. The number of hydrogen-bond donors (Lipinski definition) is 0. The van der Waals surface area contributed by atoms with Gasteiger partial charge >= 0.3 is 6.36 Å². The van der Waals surface area contributed by atoms with Gasteiger partial charge in [0.05, 0.1) is 11.9 Å². The van der Waals surface area contributed by atoms with Gasteiger partial charge in [0.2, 0.25) is 0 Å². The molecular weight excluding hydrogens is 331 g/mol. The second-order valence-electron chi connectivity index (χ2n) is 4.15. The molecular formula is C15H13ClF3N3O. The number of fused-ring (bicyclic) bond motifs is 1. The molecule has 0 atom stereocenters. The lowest BCUT2D eigenvalue weighted by molar-refractivity contribution is -0.274. The van der Waals surface area contributed by atoms with Gasteiger partial charge in [0.15, 0.2) is 5.65 Å². The minimum atomic E-state index is -4.74. The summed E-state index contributed by atoms with van der Waals surface area (Å²) in [6.07, 6.45) is -3.23. The standard InChI is InChI=1S/C13H7ClF3N3O.C2H6/c14-11-4-5-12-18-7-10(20(12)19-11)8-2-1-3-9(6-8)21-13(15,16)17;1-2/h1-7H;1-2H3. The van der Waals surface area contributed by atoms with Gasteiger partial charge in [-0.15, -0.1) is 13.2 Å². The summed E-state index contributed by atoms with van der Waals surface area (Å²) in [6, 6.07) is 8.82. The third-order valence-electron chi connectivity index (χ3n) is 2.69. The molecule has 0 saturated heterocycles. The quantitative estimate of drug-likeness (QED) is 0.659. The van der Waals surface area contributed by atoms with Crippen molar-refractivity contribution in [3.8, 4) is 17.0 Å². The maximum atomic E-state index is 12.3. The molecule has 2 aromatic heterocycles. The number of ether oxygens (including phenoxy) is 1. The number of aromatic nitrogens is 3. The van der Waals surface area contributed by atoms with Gasteiger partial charge in [-0.05, 0) is 24.3 Å². The molecule has 0 bridgehead atoms. The lowest BCUT2D eigenvalue weighted by Crippen LogP contribution is -2.17. The fourth-order valence-electron chi connectivity index (χ4n) is 1.90. The highest BCUT2D eigenvalue weighted by Crippen LogP contribution is 2.28. The first kappa shape index (κ1) is 17.1. The van der Waals surface area contributed by atoms with E-state index >= 15 is 0 Å². The zero-order chi connectivity index (χ0) is 17.0. The average molecular weight is 344 g/mol. The summed E-state index contributed by atoms with van der Waals surface area (Å²) in [6.45, 7) is 4.00. The second-order valence-corrected chi connectivity index (χ2v) is 4.53. The first-order valence-electron chi connectivity index (χ1n) is 6.79. The van der Waals surface area contributed by atoms with E-state index in [1.807, 2.05) is 13.8 Å². The fourth-order valence-corrected chi connectivity index (χ4v) is 2.04. The molecule has 3 rings (SSSR count). The van der Waals surface area contributed by atoms with Crippen molar-refractivity contribution in [2.45, 2.75) is 20.2 Å². The van der Waals surface area contributed by atoms with Crippen LogP contribution in [-0.2, 0) is 0 Å². The van der Waals surface area contributed by atoms with Crippen molar-refractivity contribution < 1.29 is 17.9 Å². The number of imidazole rings is 1. The molecule has 0 aliphatic rings. The summed E-state index contributed by atoms with van der Waals surface area (Å²) in [5, 5.41) is 4.33. The van der Waals surface area contributed by atoms with Crippen molar-refractivity contribution in [2.75, 3.05) is 0 Å². The summed E-state index contributed by atoms with van der Waals surface area (Å²) in [5.74, 6) is -0.308. The molecule has 1 aromatic carbocycles. The predicted molar refractivity (Wildman–Crippen MR) is 81.5 cm³/mol. The highest BCUT2D eigenvalue weighted by atomic mass is 35.5. The molecule has 3 aromatic rings. The SMILES string of the molecule is CC.FC(F)(F)Oc1cccc(-c2cnc3ccc(Cl)nn23)c1. The molecule has 0 saturated carbocycles. The van der Waals surface area contributed by atoms with Crippen LogP contribution in [0.15, 0.2) is 42.6 Å². The third-order valence-corrected chi connectivity index (χ3v) is 2.89. The van der Waals surface area contributed by atoms with E-state index in [1.54, 1.807) is 18.2 Å². The number of hydrogen-bond acceptors (Lipinski definition) is 3. The Morgan fingerprint density at radius 3 is 2.57 bits per heavy atom. The van der Waals surface area contributed by atoms with Gasteiger partial charge in [0.1, 0.15) is 10.9 Å². The van der Waals surface area contributed by atoms with Crippen LogP contribution in [0.4, 0.5) is 13.2 Å². The Bertz CT molecular complexity index is 802. The Kier molecular flexibility index (Phi) is 5.10. The minimum Gasteiger partial charge on any atom is -0.406 e. The van der Waals surface area contributed by atoms with Gasteiger partial charge in [-0.3, -0.25) is 0 Å². The van der Waals surface area contributed by atoms with E-state index in [2.05, 4.69) is 14.8 Å². The van der Waals surface area contributed by atoms with E-state index in [1.165, 1.54) is 28.9 Å². The van der Waals surface area contributed by atoms with Gasteiger partial charge in [-0.1, -0.05) is 37.6 Å². The number of nitrogens with zero attached hydrogens (tertiary/aromatic N) is 3. The van der Waals surface area contributed by atoms with Gasteiger partial charge in [0, 0.05) is 5.56 Å². The maximum Gasteiger partial charge on any atom is 0.573 e. The zero-order valence-corrected chi connectivity index (χ0v) is 13.1. The Hall–Kier alpha value is -2.28. The van der Waals surface area contributed by atoms with Crippen molar-refractivity contribution in [1.29, 1.82) is 0 Å². The predicted octanol–water partition coefficient (Wildman–Crippen LogP) is 4.97.